The van der Waals surface area contributed by atoms with Crippen LogP contribution in [-0.2, 0) is 52.5 Å². The second kappa shape index (κ2) is 10.3. The Bertz CT molecular complexity index is 69.4. The van der Waals surface area contributed by atoms with Crippen LogP contribution in [0, 0.1) is 0 Å². The van der Waals surface area contributed by atoms with Crippen LogP contribution in [0.4, 0.5) is 0 Å². The fourth-order valence-electron chi connectivity index (χ4n) is 0. The molecule has 0 radical (unpaired) electrons. The number of hydrogen-bond donors (Lipinski definition) is 3. The third kappa shape index (κ3) is 59.2. The van der Waals surface area contributed by atoms with Crippen molar-refractivity contribution in [3.63, 3.8) is 0 Å². The third-order valence-electron chi connectivity index (χ3n) is 0. The van der Waals surface area contributed by atoms with Crippen LogP contribution in [0.25, 0.3) is 0 Å². The van der Waals surface area contributed by atoms with E-state index in [-0.39, 0.29) is 99.7 Å². The monoisotopic (exact) mass is 376 g/mol. The van der Waals surface area contributed by atoms with Gasteiger partial charge in [-0.05, 0) is 0 Å². The zero-order valence-electron chi connectivity index (χ0n) is 5.90. The smallest absolute Gasteiger partial charge is 1.00 e. The SMILES string of the molecule is O=P(O)(O)O.[Ba+2].[H-].[H-].[Ti].[Zr]. The van der Waals surface area contributed by atoms with Gasteiger partial charge in [-0.1, -0.05) is 0 Å². The molecule has 44 valence electrons. The van der Waals surface area contributed by atoms with E-state index >= 15 is 0 Å². The summed E-state index contributed by atoms with van der Waals surface area (Å²) in [5, 5.41) is 0. The summed E-state index contributed by atoms with van der Waals surface area (Å²) in [6.45, 7) is 0. The summed E-state index contributed by atoms with van der Waals surface area (Å²) in [5.74, 6) is 0. The first kappa shape index (κ1) is 22.5. The Kier molecular flexibility index (Phi) is 28.9. The van der Waals surface area contributed by atoms with Crippen LogP contribution in [-0.4, -0.2) is 63.6 Å². The van der Waals surface area contributed by atoms with Crippen molar-refractivity contribution in [2.75, 3.05) is 0 Å². The maximum Gasteiger partial charge on any atom is 2.00 e. The molecule has 0 aromatic heterocycles. The predicted molar refractivity (Wildman–Crippen MR) is 22.2 cm³/mol. The molecule has 0 rings (SSSR count). The molecule has 0 aromatic rings. The first-order chi connectivity index (χ1) is 2.00. The molecule has 0 aliphatic rings. The molecule has 8 heavy (non-hydrogen) atoms. The average molecular weight is 376 g/mol. The molecule has 0 unspecified atom stereocenters. The van der Waals surface area contributed by atoms with E-state index < -0.39 is 7.82 Å². The zero-order chi connectivity index (χ0) is 4.50. The molecule has 0 aliphatic heterocycles. The maximum atomic E-state index is 8.88. The van der Waals surface area contributed by atoms with E-state index in [1.54, 1.807) is 0 Å². The first-order valence-electron chi connectivity index (χ1n) is 0.783. The molecule has 0 heterocycles. The van der Waals surface area contributed by atoms with Gasteiger partial charge in [-0.25, -0.2) is 4.57 Å². The number of phosphoric acid groups is 1. The Morgan fingerprint density at radius 1 is 1.25 bits per heavy atom. The van der Waals surface area contributed by atoms with Crippen molar-refractivity contribution in [3.05, 3.63) is 0 Å². The van der Waals surface area contributed by atoms with Crippen LogP contribution in [0.3, 0.4) is 0 Å². The van der Waals surface area contributed by atoms with Crippen molar-refractivity contribution >= 4 is 56.7 Å². The van der Waals surface area contributed by atoms with Gasteiger partial charge in [0.1, 0.15) is 0 Å². The Hall–Kier alpha value is 3.28. The second-order valence-electron chi connectivity index (χ2n) is 0.513. The molecule has 0 atom stereocenters. The minimum absolute atomic E-state index is 0. The fourth-order valence-corrected chi connectivity index (χ4v) is 0. The van der Waals surface area contributed by atoms with E-state index in [0.717, 1.165) is 0 Å². The second-order valence-corrected chi connectivity index (χ2v) is 1.54. The Morgan fingerprint density at radius 2 is 1.25 bits per heavy atom. The van der Waals surface area contributed by atoms with Crippen LogP contribution < -0.4 is 0 Å². The molecule has 0 aliphatic carbocycles. The van der Waals surface area contributed by atoms with Crippen LogP contribution in [0.1, 0.15) is 2.85 Å². The van der Waals surface area contributed by atoms with Crippen LogP contribution in [0.15, 0.2) is 0 Å². The standard InChI is InChI=1S/Ba.H3O4P.Ti.Zr.2H/c;1-5(2,3)4;;;;/h;(H3,1,2,3,4);;;;/q+2;;;;2*-1. The van der Waals surface area contributed by atoms with Crippen LogP contribution in [0.2, 0.25) is 0 Å². The molecular weight excluding hydrogens is 371 g/mol. The quantitative estimate of drug-likeness (QED) is 0.371. The molecule has 4 nitrogen and oxygen atoms in total. The van der Waals surface area contributed by atoms with Gasteiger partial charge in [-0.3, -0.25) is 0 Å². The van der Waals surface area contributed by atoms with Crippen molar-refractivity contribution < 1.29 is 70.0 Å². The van der Waals surface area contributed by atoms with Gasteiger partial charge in [-0.15, -0.1) is 0 Å². The van der Waals surface area contributed by atoms with Gasteiger partial charge >= 0.3 is 56.7 Å². The molecule has 0 bridgehead atoms. The Morgan fingerprint density at radius 3 is 1.25 bits per heavy atom. The molecule has 0 fully saturated rings. The molecule has 0 amide bonds. The van der Waals surface area contributed by atoms with E-state index in [1.165, 1.54) is 0 Å². The van der Waals surface area contributed by atoms with Gasteiger partial charge in [0.25, 0.3) is 0 Å². The third-order valence-corrected chi connectivity index (χ3v) is 0. The molecule has 0 saturated heterocycles. The van der Waals surface area contributed by atoms with E-state index in [9.17, 15) is 0 Å². The number of rotatable bonds is 0. The van der Waals surface area contributed by atoms with E-state index in [2.05, 4.69) is 0 Å². The van der Waals surface area contributed by atoms with Gasteiger partial charge in [0.05, 0.1) is 0 Å². The molecule has 0 aromatic carbocycles. The van der Waals surface area contributed by atoms with Crippen molar-refractivity contribution in [3.8, 4) is 0 Å². The van der Waals surface area contributed by atoms with E-state index in [1.807, 2.05) is 0 Å². The van der Waals surface area contributed by atoms with E-state index in [0.29, 0.717) is 0 Å². The summed E-state index contributed by atoms with van der Waals surface area (Å²) in [7, 11) is -4.64. The zero-order valence-corrected chi connectivity index (χ0v) is 13.3. The van der Waals surface area contributed by atoms with Gasteiger partial charge in [0.2, 0.25) is 0 Å². The largest absolute Gasteiger partial charge is 2.00 e. The summed E-state index contributed by atoms with van der Waals surface area (Å²) in [6.07, 6.45) is 0. The normalized spacial score (nSPS) is 7.38. The summed E-state index contributed by atoms with van der Waals surface area (Å²) in [5.41, 5.74) is 0. The molecule has 0 spiro atoms. The molecule has 8 heteroatoms. The average Bonchev–Trinajstić information content (AvgIpc) is 0.722. The molecule has 0 saturated carbocycles. The maximum absolute atomic E-state index is 8.88. The van der Waals surface area contributed by atoms with Crippen LogP contribution >= 0.6 is 7.82 Å². The van der Waals surface area contributed by atoms with Crippen molar-refractivity contribution in [1.82, 2.24) is 0 Å². The topological polar surface area (TPSA) is 77.8 Å². The minimum atomic E-state index is -4.64. The van der Waals surface area contributed by atoms with Crippen LogP contribution in [0.5, 0.6) is 0 Å². The summed E-state index contributed by atoms with van der Waals surface area (Å²) in [6, 6.07) is 0. The fraction of sp³-hybridized carbons (Fsp3) is 0. The minimum Gasteiger partial charge on any atom is -1.00 e. The van der Waals surface area contributed by atoms with Crippen molar-refractivity contribution in [2.45, 2.75) is 0 Å². The van der Waals surface area contributed by atoms with Gasteiger partial charge < -0.3 is 17.5 Å². The van der Waals surface area contributed by atoms with Gasteiger partial charge in [0, 0.05) is 47.9 Å². The molecular formula is H5BaO4PTiZr. The first-order valence-corrected chi connectivity index (χ1v) is 2.35. The van der Waals surface area contributed by atoms with Gasteiger partial charge in [0.15, 0.2) is 0 Å². The van der Waals surface area contributed by atoms with E-state index in [4.69, 9.17) is 19.2 Å². The molecule has 3 N–H and O–H groups in total. The van der Waals surface area contributed by atoms with Crippen molar-refractivity contribution in [1.29, 1.82) is 0 Å². The summed E-state index contributed by atoms with van der Waals surface area (Å²) in [4.78, 5) is 21.6. The van der Waals surface area contributed by atoms with Crippen molar-refractivity contribution in [2.24, 2.45) is 0 Å². The Balaban J connectivity index is -0.00000000800. The predicted octanol–water partition coefficient (Wildman–Crippen LogP) is -1.09. The number of hydrogen-bond acceptors (Lipinski definition) is 1. The Labute approximate surface area is 124 Å². The summed E-state index contributed by atoms with van der Waals surface area (Å²) < 4.78 is 8.88. The van der Waals surface area contributed by atoms with Gasteiger partial charge in [-0.2, -0.15) is 0 Å². The summed E-state index contributed by atoms with van der Waals surface area (Å²) >= 11 is 0.